The molecule has 1 heterocycles. The third-order valence-corrected chi connectivity index (χ3v) is 5.32. The Morgan fingerprint density at radius 1 is 1.40 bits per heavy atom. The molecular formula is C13H20Cl2N2O2S. The molecule has 114 valence electrons. The highest BCUT2D eigenvalue weighted by atomic mass is 35.5. The minimum Gasteiger partial charge on any atom is -0.314 e. The number of rotatable bonds is 3. The van der Waals surface area contributed by atoms with Gasteiger partial charge in [-0.25, -0.2) is 13.1 Å². The van der Waals surface area contributed by atoms with Crippen molar-refractivity contribution in [3.05, 3.63) is 28.8 Å². The molecule has 1 aromatic rings. The molecule has 20 heavy (non-hydrogen) atoms. The molecule has 4 nitrogen and oxygen atoms in total. The largest absolute Gasteiger partial charge is 0.314 e. The molecule has 2 unspecified atom stereocenters. The predicted octanol–water partition coefficient (Wildman–Crippen LogP) is 2.49. The van der Waals surface area contributed by atoms with E-state index in [4.69, 9.17) is 11.6 Å². The summed E-state index contributed by atoms with van der Waals surface area (Å²) < 4.78 is 27.5. The Hall–Kier alpha value is -0.330. The maximum absolute atomic E-state index is 12.4. The summed E-state index contributed by atoms with van der Waals surface area (Å²) in [6, 6.07) is 5.33. The number of hydrogen-bond acceptors (Lipinski definition) is 3. The molecule has 0 bridgehead atoms. The molecule has 0 aliphatic carbocycles. The van der Waals surface area contributed by atoms with E-state index in [1.54, 1.807) is 18.2 Å². The van der Waals surface area contributed by atoms with Crippen LogP contribution in [0, 0.1) is 6.92 Å². The second kappa shape index (κ2) is 7.09. The second-order valence-corrected chi connectivity index (χ2v) is 7.22. The Balaban J connectivity index is 0.00000200. The summed E-state index contributed by atoms with van der Waals surface area (Å²) in [6.07, 6.45) is 1.59. The smallest absolute Gasteiger partial charge is 0.242 e. The van der Waals surface area contributed by atoms with Gasteiger partial charge in [0, 0.05) is 12.1 Å². The molecule has 1 aliphatic rings. The normalized spacial score (nSPS) is 23.1. The molecule has 7 heteroatoms. The Labute approximate surface area is 131 Å². The summed E-state index contributed by atoms with van der Waals surface area (Å²) in [4.78, 5) is 0.167. The summed E-state index contributed by atoms with van der Waals surface area (Å²) in [7, 11) is -3.55. The van der Waals surface area contributed by atoms with Crippen LogP contribution in [0.5, 0.6) is 0 Å². The SMILES string of the molecule is Cc1ccc(Cl)c(S(=O)(=O)NC2CCNC(C)C2)c1.Cl. The summed E-state index contributed by atoms with van der Waals surface area (Å²) >= 11 is 6.00. The van der Waals surface area contributed by atoms with Crippen LogP contribution in [0.1, 0.15) is 25.3 Å². The van der Waals surface area contributed by atoms with E-state index in [9.17, 15) is 8.42 Å². The molecule has 1 saturated heterocycles. The van der Waals surface area contributed by atoms with E-state index < -0.39 is 10.0 Å². The van der Waals surface area contributed by atoms with Gasteiger partial charge in [0.2, 0.25) is 10.0 Å². The van der Waals surface area contributed by atoms with Gasteiger partial charge in [0.05, 0.1) is 5.02 Å². The lowest BCUT2D eigenvalue weighted by molar-refractivity contribution is 0.361. The first-order valence-electron chi connectivity index (χ1n) is 6.40. The lowest BCUT2D eigenvalue weighted by Crippen LogP contribution is -2.46. The van der Waals surface area contributed by atoms with E-state index >= 15 is 0 Å². The third kappa shape index (κ3) is 4.33. The van der Waals surface area contributed by atoms with Crippen molar-refractivity contribution in [3.63, 3.8) is 0 Å². The maximum Gasteiger partial charge on any atom is 0.242 e. The molecule has 0 spiro atoms. The molecule has 2 rings (SSSR count). The van der Waals surface area contributed by atoms with Gasteiger partial charge in [-0.2, -0.15) is 0 Å². The van der Waals surface area contributed by atoms with Crippen molar-refractivity contribution in [2.45, 2.75) is 43.7 Å². The van der Waals surface area contributed by atoms with E-state index in [2.05, 4.69) is 17.0 Å². The molecule has 0 saturated carbocycles. The number of hydrogen-bond donors (Lipinski definition) is 2. The van der Waals surface area contributed by atoms with Gasteiger partial charge in [-0.05, 0) is 50.9 Å². The summed E-state index contributed by atoms with van der Waals surface area (Å²) in [5.41, 5.74) is 0.878. The van der Waals surface area contributed by atoms with E-state index in [1.807, 2.05) is 6.92 Å². The van der Waals surface area contributed by atoms with Crippen LogP contribution in [-0.4, -0.2) is 27.0 Å². The van der Waals surface area contributed by atoms with Crippen molar-refractivity contribution >= 4 is 34.0 Å². The summed E-state index contributed by atoms with van der Waals surface area (Å²) in [5, 5.41) is 3.56. The van der Waals surface area contributed by atoms with Gasteiger partial charge in [0.1, 0.15) is 4.90 Å². The Kier molecular flexibility index (Phi) is 6.28. The standard InChI is InChI=1S/C13H19ClN2O2S.ClH/c1-9-3-4-12(14)13(7-9)19(17,18)16-11-5-6-15-10(2)8-11;/h3-4,7,10-11,15-16H,5-6,8H2,1-2H3;1H. The Bertz CT molecular complexity index is 563. The minimum atomic E-state index is -3.55. The molecule has 2 atom stereocenters. The van der Waals surface area contributed by atoms with Crippen molar-refractivity contribution in [2.75, 3.05) is 6.54 Å². The first-order chi connectivity index (χ1) is 8.88. The topological polar surface area (TPSA) is 58.2 Å². The van der Waals surface area contributed by atoms with Gasteiger partial charge < -0.3 is 5.32 Å². The molecular weight excluding hydrogens is 319 g/mol. The van der Waals surface area contributed by atoms with Crippen LogP contribution in [0.25, 0.3) is 0 Å². The Morgan fingerprint density at radius 2 is 2.10 bits per heavy atom. The summed E-state index contributed by atoms with van der Waals surface area (Å²) in [5.74, 6) is 0. The lowest BCUT2D eigenvalue weighted by Gasteiger charge is -2.28. The highest BCUT2D eigenvalue weighted by Crippen LogP contribution is 2.23. The van der Waals surface area contributed by atoms with Crippen molar-refractivity contribution in [1.29, 1.82) is 0 Å². The minimum absolute atomic E-state index is 0. The zero-order valence-corrected chi connectivity index (χ0v) is 13.9. The van der Waals surface area contributed by atoms with Crippen molar-refractivity contribution in [2.24, 2.45) is 0 Å². The maximum atomic E-state index is 12.4. The van der Waals surface area contributed by atoms with Gasteiger partial charge in [0.15, 0.2) is 0 Å². The Morgan fingerprint density at radius 3 is 2.75 bits per heavy atom. The molecule has 0 aromatic heterocycles. The van der Waals surface area contributed by atoms with Gasteiger partial charge in [0.25, 0.3) is 0 Å². The quantitative estimate of drug-likeness (QED) is 0.890. The molecule has 1 fully saturated rings. The lowest BCUT2D eigenvalue weighted by atomic mass is 10.0. The van der Waals surface area contributed by atoms with Crippen LogP contribution in [0.3, 0.4) is 0 Å². The summed E-state index contributed by atoms with van der Waals surface area (Å²) in [6.45, 7) is 4.73. The van der Waals surface area contributed by atoms with Gasteiger partial charge in [-0.15, -0.1) is 12.4 Å². The zero-order valence-electron chi connectivity index (χ0n) is 11.5. The van der Waals surface area contributed by atoms with E-state index in [0.29, 0.717) is 6.04 Å². The molecule has 1 aliphatic heterocycles. The van der Waals surface area contributed by atoms with Crippen molar-refractivity contribution in [3.8, 4) is 0 Å². The van der Waals surface area contributed by atoms with Crippen LogP contribution < -0.4 is 10.0 Å². The zero-order chi connectivity index (χ0) is 14.0. The van der Waals surface area contributed by atoms with Crippen LogP contribution >= 0.6 is 24.0 Å². The first kappa shape index (κ1) is 17.7. The predicted molar refractivity (Wildman–Crippen MR) is 84.2 cm³/mol. The molecule has 0 radical (unpaired) electrons. The van der Waals surface area contributed by atoms with Crippen LogP contribution in [0.2, 0.25) is 5.02 Å². The fourth-order valence-corrected chi connectivity index (χ4v) is 4.21. The average Bonchev–Trinajstić information content (AvgIpc) is 2.31. The third-order valence-electron chi connectivity index (χ3n) is 3.32. The second-order valence-electron chi connectivity index (χ2n) is 5.13. The number of nitrogens with one attached hydrogen (secondary N) is 2. The fourth-order valence-electron chi connectivity index (χ4n) is 2.34. The van der Waals surface area contributed by atoms with Gasteiger partial charge in [-0.1, -0.05) is 17.7 Å². The van der Waals surface area contributed by atoms with E-state index in [0.717, 1.165) is 24.9 Å². The molecule has 0 amide bonds. The highest BCUT2D eigenvalue weighted by Gasteiger charge is 2.25. The highest BCUT2D eigenvalue weighted by molar-refractivity contribution is 7.89. The number of aryl methyl sites for hydroxylation is 1. The monoisotopic (exact) mass is 338 g/mol. The number of piperidine rings is 1. The number of benzene rings is 1. The van der Waals surface area contributed by atoms with Crippen molar-refractivity contribution < 1.29 is 8.42 Å². The van der Waals surface area contributed by atoms with Crippen molar-refractivity contribution in [1.82, 2.24) is 10.0 Å². The fraction of sp³-hybridized carbons (Fsp3) is 0.538. The van der Waals surface area contributed by atoms with Crippen LogP contribution in [-0.2, 0) is 10.0 Å². The number of sulfonamides is 1. The first-order valence-corrected chi connectivity index (χ1v) is 8.26. The van der Waals surface area contributed by atoms with Crippen LogP contribution in [0.15, 0.2) is 23.1 Å². The molecule has 1 aromatic carbocycles. The molecule has 2 N–H and O–H groups in total. The average molecular weight is 339 g/mol. The van der Waals surface area contributed by atoms with Gasteiger partial charge >= 0.3 is 0 Å². The van der Waals surface area contributed by atoms with E-state index in [-0.39, 0.29) is 28.4 Å². The van der Waals surface area contributed by atoms with Crippen LogP contribution in [0.4, 0.5) is 0 Å². The number of halogens is 2. The van der Waals surface area contributed by atoms with Gasteiger partial charge in [-0.3, -0.25) is 0 Å². The van der Waals surface area contributed by atoms with E-state index in [1.165, 1.54) is 0 Å².